The molecule has 0 radical (unpaired) electrons. The van der Waals surface area contributed by atoms with Crippen molar-refractivity contribution in [3.8, 4) is 5.75 Å². The lowest BCUT2D eigenvalue weighted by Gasteiger charge is -2.20. The molecule has 0 fully saturated rings. The van der Waals surface area contributed by atoms with Crippen LogP contribution in [-0.2, 0) is 0 Å². The van der Waals surface area contributed by atoms with Crippen LogP contribution in [0.25, 0.3) is 0 Å². The van der Waals surface area contributed by atoms with E-state index in [0.29, 0.717) is 11.8 Å². The Hall–Kier alpha value is -1.02. The first-order valence-electron chi connectivity index (χ1n) is 5.90. The molecule has 0 aliphatic carbocycles. The molecule has 0 aliphatic rings. The molecule has 1 rings (SSSR count). The van der Waals surface area contributed by atoms with Crippen molar-refractivity contribution >= 4 is 0 Å². The van der Waals surface area contributed by atoms with Crippen LogP contribution in [0, 0.1) is 5.92 Å². The second-order valence-electron chi connectivity index (χ2n) is 4.93. The molecule has 2 heteroatoms. The van der Waals surface area contributed by atoms with Gasteiger partial charge in [-0.25, -0.2) is 0 Å². The number of rotatable bonds is 4. The molecule has 0 aliphatic heterocycles. The number of benzene rings is 1. The summed E-state index contributed by atoms with van der Waals surface area (Å²) >= 11 is 0. The van der Waals surface area contributed by atoms with Crippen molar-refractivity contribution in [2.45, 2.75) is 39.7 Å². The number of hydrogen-bond acceptors (Lipinski definition) is 2. The van der Waals surface area contributed by atoms with Crippen molar-refractivity contribution in [2.24, 2.45) is 11.7 Å². The molecular weight excluding hydrogens is 198 g/mol. The molecular formula is C14H23NO. The Morgan fingerprint density at radius 2 is 1.75 bits per heavy atom. The Bertz CT molecular complexity index is 345. The van der Waals surface area contributed by atoms with Gasteiger partial charge in [0.25, 0.3) is 0 Å². The lowest BCUT2D eigenvalue weighted by atomic mass is 9.92. The molecule has 2 N–H and O–H groups in total. The summed E-state index contributed by atoms with van der Waals surface area (Å²) in [6, 6.07) is 6.34. The van der Waals surface area contributed by atoms with Crippen LogP contribution in [0.3, 0.4) is 0 Å². The fourth-order valence-electron chi connectivity index (χ4n) is 1.73. The molecule has 0 saturated carbocycles. The SMILES string of the molecule is COc1ccc(C(C)C)cc1C(N)C(C)C. The summed E-state index contributed by atoms with van der Waals surface area (Å²) < 4.78 is 5.37. The molecule has 0 saturated heterocycles. The predicted molar refractivity (Wildman–Crippen MR) is 68.8 cm³/mol. The van der Waals surface area contributed by atoms with Crippen LogP contribution in [0.1, 0.15) is 50.8 Å². The van der Waals surface area contributed by atoms with Gasteiger partial charge in [0, 0.05) is 11.6 Å². The van der Waals surface area contributed by atoms with Crippen molar-refractivity contribution in [1.29, 1.82) is 0 Å². The topological polar surface area (TPSA) is 35.2 Å². The largest absolute Gasteiger partial charge is 0.496 e. The van der Waals surface area contributed by atoms with Gasteiger partial charge in [-0.15, -0.1) is 0 Å². The zero-order valence-corrected chi connectivity index (χ0v) is 10.9. The van der Waals surface area contributed by atoms with Gasteiger partial charge in [-0.2, -0.15) is 0 Å². The van der Waals surface area contributed by atoms with E-state index in [-0.39, 0.29) is 6.04 Å². The van der Waals surface area contributed by atoms with E-state index in [4.69, 9.17) is 10.5 Å². The van der Waals surface area contributed by atoms with E-state index in [1.807, 2.05) is 6.07 Å². The molecule has 0 amide bonds. The zero-order chi connectivity index (χ0) is 12.3. The minimum absolute atomic E-state index is 0.0358. The fourth-order valence-corrected chi connectivity index (χ4v) is 1.73. The van der Waals surface area contributed by atoms with Crippen LogP contribution in [0.2, 0.25) is 0 Å². The third-order valence-corrected chi connectivity index (χ3v) is 3.00. The van der Waals surface area contributed by atoms with Crippen molar-refractivity contribution in [3.63, 3.8) is 0 Å². The second kappa shape index (κ2) is 5.35. The first-order valence-corrected chi connectivity index (χ1v) is 5.90. The van der Waals surface area contributed by atoms with Gasteiger partial charge in [-0.05, 0) is 23.5 Å². The maximum absolute atomic E-state index is 6.20. The summed E-state index contributed by atoms with van der Waals surface area (Å²) in [7, 11) is 1.70. The summed E-state index contributed by atoms with van der Waals surface area (Å²) in [4.78, 5) is 0. The van der Waals surface area contributed by atoms with E-state index in [9.17, 15) is 0 Å². The lowest BCUT2D eigenvalue weighted by molar-refractivity contribution is 0.396. The van der Waals surface area contributed by atoms with Crippen LogP contribution in [0.4, 0.5) is 0 Å². The van der Waals surface area contributed by atoms with Crippen LogP contribution < -0.4 is 10.5 Å². The summed E-state index contributed by atoms with van der Waals surface area (Å²) in [6.07, 6.45) is 0. The highest BCUT2D eigenvalue weighted by molar-refractivity contribution is 5.40. The quantitative estimate of drug-likeness (QED) is 0.845. The third kappa shape index (κ3) is 2.76. The van der Waals surface area contributed by atoms with Crippen LogP contribution >= 0.6 is 0 Å². The molecule has 1 unspecified atom stereocenters. The Balaban J connectivity index is 3.16. The summed E-state index contributed by atoms with van der Waals surface area (Å²) in [5, 5.41) is 0. The Morgan fingerprint density at radius 1 is 1.12 bits per heavy atom. The predicted octanol–water partition coefficient (Wildman–Crippen LogP) is 3.47. The van der Waals surface area contributed by atoms with Gasteiger partial charge in [0.15, 0.2) is 0 Å². The molecule has 0 aromatic heterocycles. The molecule has 0 spiro atoms. The van der Waals surface area contributed by atoms with E-state index in [1.165, 1.54) is 5.56 Å². The maximum Gasteiger partial charge on any atom is 0.123 e. The number of ether oxygens (including phenoxy) is 1. The number of methoxy groups -OCH3 is 1. The smallest absolute Gasteiger partial charge is 0.123 e. The Morgan fingerprint density at radius 3 is 2.19 bits per heavy atom. The van der Waals surface area contributed by atoms with E-state index >= 15 is 0 Å². The van der Waals surface area contributed by atoms with Crippen LogP contribution in [0.15, 0.2) is 18.2 Å². The average molecular weight is 221 g/mol. The van der Waals surface area contributed by atoms with E-state index in [0.717, 1.165) is 11.3 Å². The van der Waals surface area contributed by atoms with Gasteiger partial charge in [0.2, 0.25) is 0 Å². The molecule has 16 heavy (non-hydrogen) atoms. The Kier molecular flexibility index (Phi) is 4.36. The third-order valence-electron chi connectivity index (χ3n) is 3.00. The normalized spacial score (nSPS) is 13.2. The second-order valence-corrected chi connectivity index (χ2v) is 4.93. The van der Waals surface area contributed by atoms with Crippen molar-refractivity contribution < 1.29 is 4.74 Å². The summed E-state index contributed by atoms with van der Waals surface area (Å²) in [5.74, 6) is 1.82. The minimum Gasteiger partial charge on any atom is -0.496 e. The van der Waals surface area contributed by atoms with Gasteiger partial charge in [-0.3, -0.25) is 0 Å². The van der Waals surface area contributed by atoms with Gasteiger partial charge < -0.3 is 10.5 Å². The first kappa shape index (κ1) is 13.0. The van der Waals surface area contributed by atoms with Gasteiger partial charge >= 0.3 is 0 Å². The Labute approximate surface area is 98.8 Å². The molecule has 2 nitrogen and oxygen atoms in total. The first-order chi connectivity index (χ1) is 7.47. The standard InChI is InChI=1S/C14H23NO/c1-9(2)11-6-7-13(16-5)12(8-11)14(15)10(3)4/h6-10,14H,15H2,1-5H3. The van der Waals surface area contributed by atoms with E-state index < -0.39 is 0 Å². The van der Waals surface area contributed by atoms with E-state index in [1.54, 1.807) is 7.11 Å². The van der Waals surface area contributed by atoms with Gasteiger partial charge in [0.1, 0.15) is 5.75 Å². The van der Waals surface area contributed by atoms with E-state index in [2.05, 4.69) is 39.8 Å². The van der Waals surface area contributed by atoms with Crippen molar-refractivity contribution in [3.05, 3.63) is 29.3 Å². The van der Waals surface area contributed by atoms with Gasteiger partial charge in [0.05, 0.1) is 7.11 Å². The van der Waals surface area contributed by atoms with Crippen LogP contribution in [0.5, 0.6) is 5.75 Å². The minimum atomic E-state index is 0.0358. The zero-order valence-electron chi connectivity index (χ0n) is 10.9. The molecule has 0 heterocycles. The summed E-state index contributed by atoms with van der Waals surface area (Å²) in [6.45, 7) is 8.64. The number of hydrogen-bond donors (Lipinski definition) is 1. The molecule has 90 valence electrons. The van der Waals surface area contributed by atoms with Crippen molar-refractivity contribution in [2.75, 3.05) is 7.11 Å². The molecule has 1 aromatic rings. The molecule has 1 aromatic carbocycles. The number of nitrogens with two attached hydrogens (primary N) is 1. The highest BCUT2D eigenvalue weighted by atomic mass is 16.5. The highest BCUT2D eigenvalue weighted by Crippen LogP contribution is 2.31. The molecule has 0 bridgehead atoms. The molecule has 1 atom stereocenters. The fraction of sp³-hybridized carbons (Fsp3) is 0.571. The van der Waals surface area contributed by atoms with Gasteiger partial charge in [-0.1, -0.05) is 39.8 Å². The lowest BCUT2D eigenvalue weighted by Crippen LogP contribution is -2.18. The van der Waals surface area contributed by atoms with Crippen LogP contribution in [-0.4, -0.2) is 7.11 Å². The average Bonchev–Trinajstić information content (AvgIpc) is 2.26. The van der Waals surface area contributed by atoms with Crippen molar-refractivity contribution in [1.82, 2.24) is 0 Å². The monoisotopic (exact) mass is 221 g/mol. The summed E-state index contributed by atoms with van der Waals surface area (Å²) in [5.41, 5.74) is 8.63. The maximum atomic E-state index is 6.20. The highest BCUT2D eigenvalue weighted by Gasteiger charge is 2.16.